The average molecular weight is 267 g/mol. The third-order valence-corrected chi connectivity index (χ3v) is 4.81. The van der Waals surface area contributed by atoms with Gasteiger partial charge in [0.1, 0.15) is 0 Å². The van der Waals surface area contributed by atoms with Crippen LogP contribution in [-0.4, -0.2) is 27.5 Å². The lowest BCUT2D eigenvalue weighted by molar-refractivity contribution is 0.226. The number of thioether (sulfide) groups is 1. The molecule has 13 heavy (non-hydrogen) atoms. The summed E-state index contributed by atoms with van der Waals surface area (Å²) in [6.07, 6.45) is 5.31. The molecule has 0 bridgehead atoms. The van der Waals surface area contributed by atoms with Crippen LogP contribution in [0.2, 0.25) is 0 Å². The van der Waals surface area contributed by atoms with E-state index in [9.17, 15) is 5.11 Å². The van der Waals surface area contributed by atoms with Crippen molar-refractivity contribution in [2.24, 2.45) is 5.92 Å². The van der Waals surface area contributed by atoms with E-state index in [4.69, 9.17) is 0 Å². The van der Waals surface area contributed by atoms with Gasteiger partial charge in [0, 0.05) is 16.3 Å². The van der Waals surface area contributed by atoms with Crippen molar-refractivity contribution in [3.8, 4) is 0 Å². The second kappa shape index (κ2) is 6.31. The Labute approximate surface area is 93.8 Å². The minimum atomic E-state index is -0.165. The van der Waals surface area contributed by atoms with Gasteiger partial charge < -0.3 is 5.11 Å². The van der Waals surface area contributed by atoms with E-state index >= 15 is 0 Å². The molecule has 3 atom stereocenters. The second-order valence-corrected chi connectivity index (χ2v) is 6.02. The summed E-state index contributed by atoms with van der Waals surface area (Å²) in [5.74, 6) is 1.79. The smallest absolute Gasteiger partial charge is 0.0727 e. The molecular formula is C10H19BrOS. The van der Waals surface area contributed by atoms with Crippen LogP contribution in [0.15, 0.2) is 0 Å². The number of hydrogen-bond donors (Lipinski definition) is 1. The lowest BCUT2D eigenvalue weighted by atomic mass is 9.91. The van der Waals surface area contributed by atoms with Crippen molar-refractivity contribution in [1.29, 1.82) is 0 Å². The van der Waals surface area contributed by atoms with E-state index in [1.165, 1.54) is 25.7 Å². The Balaban J connectivity index is 2.13. The van der Waals surface area contributed by atoms with Gasteiger partial charge in [0.15, 0.2) is 0 Å². The molecule has 1 aliphatic rings. The largest absolute Gasteiger partial charge is 0.391 e. The van der Waals surface area contributed by atoms with Crippen LogP contribution in [0, 0.1) is 5.92 Å². The summed E-state index contributed by atoms with van der Waals surface area (Å²) in [4.78, 5) is 0. The summed E-state index contributed by atoms with van der Waals surface area (Å²) in [6.45, 7) is 2.34. The normalized spacial score (nSPS) is 31.6. The molecular weight excluding hydrogens is 248 g/mol. The van der Waals surface area contributed by atoms with Crippen LogP contribution in [0.4, 0.5) is 0 Å². The first kappa shape index (κ1) is 11.9. The molecule has 1 nitrogen and oxygen atoms in total. The van der Waals surface area contributed by atoms with E-state index in [1.54, 1.807) is 0 Å². The van der Waals surface area contributed by atoms with Crippen LogP contribution in [-0.2, 0) is 0 Å². The van der Waals surface area contributed by atoms with Gasteiger partial charge in [-0.25, -0.2) is 0 Å². The third-order valence-electron chi connectivity index (χ3n) is 2.59. The molecule has 0 aromatic carbocycles. The van der Waals surface area contributed by atoms with Crippen LogP contribution in [0.25, 0.3) is 0 Å². The number of aliphatic hydroxyl groups is 1. The minimum Gasteiger partial charge on any atom is -0.391 e. The molecule has 0 aliphatic heterocycles. The molecule has 1 saturated carbocycles. The van der Waals surface area contributed by atoms with Gasteiger partial charge in [-0.15, -0.1) is 0 Å². The van der Waals surface area contributed by atoms with Crippen molar-refractivity contribution >= 4 is 27.7 Å². The lowest BCUT2D eigenvalue weighted by Gasteiger charge is -2.26. The molecule has 0 heterocycles. The highest BCUT2D eigenvalue weighted by Gasteiger charge is 2.19. The van der Waals surface area contributed by atoms with E-state index < -0.39 is 0 Å². The minimum absolute atomic E-state index is 0.165. The van der Waals surface area contributed by atoms with Gasteiger partial charge >= 0.3 is 0 Å². The maximum absolute atomic E-state index is 9.39. The molecule has 1 N–H and O–H groups in total. The Morgan fingerprint density at radius 1 is 1.54 bits per heavy atom. The molecule has 1 aliphatic carbocycles. The molecule has 3 unspecified atom stereocenters. The van der Waals surface area contributed by atoms with Crippen molar-refractivity contribution in [2.45, 2.75) is 44.0 Å². The highest BCUT2D eigenvalue weighted by molar-refractivity contribution is 9.09. The van der Waals surface area contributed by atoms with Crippen molar-refractivity contribution in [1.82, 2.24) is 0 Å². The number of hydrogen-bond acceptors (Lipinski definition) is 2. The van der Waals surface area contributed by atoms with E-state index in [1.807, 2.05) is 11.8 Å². The van der Waals surface area contributed by atoms with Gasteiger partial charge in [-0.05, 0) is 18.8 Å². The Bertz CT molecular complexity index is 143. The molecule has 78 valence electrons. The molecule has 0 spiro atoms. The number of aliphatic hydroxyl groups excluding tert-OH is 1. The molecule has 0 radical (unpaired) electrons. The fourth-order valence-corrected chi connectivity index (χ4v) is 3.76. The van der Waals surface area contributed by atoms with Crippen LogP contribution >= 0.6 is 27.7 Å². The Morgan fingerprint density at radius 2 is 2.31 bits per heavy atom. The van der Waals surface area contributed by atoms with Crippen LogP contribution in [0.3, 0.4) is 0 Å². The van der Waals surface area contributed by atoms with Gasteiger partial charge in [-0.1, -0.05) is 35.7 Å². The highest BCUT2D eigenvalue weighted by Crippen LogP contribution is 2.32. The fourth-order valence-electron chi connectivity index (χ4n) is 1.82. The molecule has 0 amide bonds. The topological polar surface area (TPSA) is 20.2 Å². The summed E-state index contributed by atoms with van der Waals surface area (Å²) in [5.41, 5.74) is 0. The first-order valence-corrected chi connectivity index (χ1v) is 7.25. The Hall–Kier alpha value is 0.790. The lowest BCUT2D eigenvalue weighted by Crippen LogP contribution is -2.19. The van der Waals surface area contributed by atoms with E-state index in [-0.39, 0.29) is 6.10 Å². The number of halogens is 1. The molecule has 3 heteroatoms. The van der Waals surface area contributed by atoms with Crippen LogP contribution in [0.5, 0.6) is 0 Å². The molecule has 0 aromatic rings. The molecule has 1 rings (SSSR count). The summed E-state index contributed by atoms with van der Waals surface area (Å²) < 4.78 is 0. The quantitative estimate of drug-likeness (QED) is 0.790. The van der Waals surface area contributed by atoms with Crippen LogP contribution in [0.1, 0.15) is 32.6 Å². The summed E-state index contributed by atoms with van der Waals surface area (Å²) in [6, 6.07) is 0. The second-order valence-electron chi connectivity index (χ2n) is 4.04. The predicted octanol–water partition coefficient (Wildman–Crippen LogP) is 3.05. The zero-order chi connectivity index (χ0) is 9.68. The Kier molecular flexibility index (Phi) is 5.75. The van der Waals surface area contributed by atoms with Crippen LogP contribution < -0.4 is 0 Å². The standard InChI is InChI=1S/C10H19BrOS/c1-8-3-2-4-10(5-8)13-7-9(12)6-11/h8-10,12H,2-7H2,1H3. The van der Waals surface area contributed by atoms with Gasteiger partial charge in [-0.3, -0.25) is 0 Å². The van der Waals surface area contributed by atoms with E-state index in [0.29, 0.717) is 5.33 Å². The van der Waals surface area contributed by atoms with Gasteiger partial charge in [0.05, 0.1) is 6.10 Å². The van der Waals surface area contributed by atoms with Gasteiger partial charge in [0.2, 0.25) is 0 Å². The zero-order valence-electron chi connectivity index (χ0n) is 8.21. The molecule has 1 fully saturated rings. The first-order valence-electron chi connectivity index (χ1n) is 5.08. The maximum atomic E-state index is 9.39. The SMILES string of the molecule is CC1CCCC(SCC(O)CBr)C1. The van der Waals surface area contributed by atoms with Crippen molar-refractivity contribution in [2.75, 3.05) is 11.1 Å². The molecule has 0 aromatic heterocycles. The predicted molar refractivity (Wildman–Crippen MR) is 63.7 cm³/mol. The van der Waals surface area contributed by atoms with Crippen molar-refractivity contribution in [3.05, 3.63) is 0 Å². The number of rotatable bonds is 4. The average Bonchev–Trinajstić information content (AvgIpc) is 2.14. The summed E-state index contributed by atoms with van der Waals surface area (Å²) >= 11 is 5.24. The van der Waals surface area contributed by atoms with Gasteiger partial charge in [0.25, 0.3) is 0 Å². The van der Waals surface area contributed by atoms with Crippen molar-refractivity contribution in [3.63, 3.8) is 0 Å². The Morgan fingerprint density at radius 3 is 2.92 bits per heavy atom. The first-order chi connectivity index (χ1) is 6.22. The number of alkyl halides is 1. The fraction of sp³-hybridized carbons (Fsp3) is 1.00. The van der Waals surface area contributed by atoms with E-state index in [0.717, 1.165) is 16.9 Å². The summed E-state index contributed by atoms with van der Waals surface area (Å²) in [7, 11) is 0. The zero-order valence-corrected chi connectivity index (χ0v) is 10.6. The summed E-state index contributed by atoms with van der Waals surface area (Å²) in [5, 5.41) is 10.9. The highest BCUT2D eigenvalue weighted by atomic mass is 79.9. The van der Waals surface area contributed by atoms with Gasteiger partial charge in [-0.2, -0.15) is 11.8 Å². The maximum Gasteiger partial charge on any atom is 0.0727 e. The van der Waals surface area contributed by atoms with Crippen molar-refractivity contribution < 1.29 is 5.11 Å². The molecule has 0 saturated heterocycles. The monoisotopic (exact) mass is 266 g/mol. The third kappa shape index (κ3) is 4.71. The van der Waals surface area contributed by atoms with E-state index in [2.05, 4.69) is 22.9 Å².